The van der Waals surface area contributed by atoms with Crippen molar-refractivity contribution in [3.63, 3.8) is 0 Å². The molecule has 124 valence electrons. The normalized spacial score (nSPS) is 10.3. The van der Waals surface area contributed by atoms with Crippen LogP contribution in [0.1, 0.15) is 17.3 Å². The molecule has 0 saturated heterocycles. The van der Waals surface area contributed by atoms with E-state index < -0.39 is 5.97 Å². The van der Waals surface area contributed by atoms with Gasteiger partial charge < -0.3 is 29.4 Å². The second-order valence-corrected chi connectivity index (χ2v) is 4.26. The molecule has 0 heterocycles. The minimum absolute atomic E-state index is 0.185. The van der Waals surface area contributed by atoms with Crippen molar-refractivity contribution in [1.29, 1.82) is 0 Å². The van der Waals surface area contributed by atoms with Crippen LogP contribution in [0.3, 0.4) is 0 Å². The quantitative estimate of drug-likeness (QED) is 0.398. The summed E-state index contributed by atoms with van der Waals surface area (Å²) in [4.78, 5) is 11.9. The van der Waals surface area contributed by atoms with Crippen molar-refractivity contribution in [2.75, 3.05) is 53.0 Å². The predicted molar refractivity (Wildman–Crippen MR) is 81.6 cm³/mol. The molecule has 1 aromatic rings. The standard InChI is InChI=1S/C15H23NO6/c1-4-20-15(17)11-5-6-12(21-9-7-18-2)14(13(11)16)22-10-8-19-3/h5-6H,4,7-10,16H2,1-3H3. The highest BCUT2D eigenvalue weighted by Gasteiger charge is 2.19. The van der Waals surface area contributed by atoms with Gasteiger partial charge in [-0.25, -0.2) is 4.79 Å². The van der Waals surface area contributed by atoms with Gasteiger partial charge in [0.15, 0.2) is 11.5 Å². The number of benzene rings is 1. The highest BCUT2D eigenvalue weighted by Crippen LogP contribution is 2.36. The molecule has 7 heteroatoms. The summed E-state index contributed by atoms with van der Waals surface area (Å²) >= 11 is 0. The Hall–Kier alpha value is -1.99. The van der Waals surface area contributed by atoms with E-state index in [2.05, 4.69) is 0 Å². The third kappa shape index (κ3) is 5.09. The highest BCUT2D eigenvalue weighted by atomic mass is 16.6. The molecule has 0 aromatic heterocycles. The molecular weight excluding hydrogens is 290 g/mol. The number of rotatable bonds is 10. The van der Waals surface area contributed by atoms with E-state index >= 15 is 0 Å². The number of esters is 1. The van der Waals surface area contributed by atoms with Crippen molar-refractivity contribution in [1.82, 2.24) is 0 Å². The van der Waals surface area contributed by atoms with Crippen molar-refractivity contribution in [3.8, 4) is 11.5 Å². The molecular formula is C15H23NO6. The Labute approximate surface area is 130 Å². The Morgan fingerprint density at radius 1 is 1.05 bits per heavy atom. The molecule has 0 unspecified atom stereocenters. The first-order chi connectivity index (χ1) is 10.7. The fourth-order valence-electron chi connectivity index (χ4n) is 1.69. The first kappa shape index (κ1) is 18.1. The summed E-state index contributed by atoms with van der Waals surface area (Å²) in [5.41, 5.74) is 6.45. The summed E-state index contributed by atoms with van der Waals surface area (Å²) < 4.78 is 26.0. The average molecular weight is 313 g/mol. The van der Waals surface area contributed by atoms with Crippen LogP contribution in [0.25, 0.3) is 0 Å². The Kier molecular flexibility index (Phi) is 8.09. The Balaban J connectivity index is 3.00. The lowest BCUT2D eigenvalue weighted by molar-refractivity contribution is 0.0527. The molecule has 0 saturated carbocycles. The van der Waals surface area contributed by atoms with E-state index in [0.717, 1.165) is 0 Å². The number of carbonyl (C=O) groups is 1. The molecule has 0 bridgehead atoms. The van der Waals surface area contributed by atoms with Crippen LogP contribution in [0, 0.1) is 0 Å². The number of hydrogen-bond donors (Lipinski definition) is 1. The summed E-state index contributed by atoms with van der Waals surface area (Å²) in [6.45, 7) is 3.44. The first-order valence-electron chi connectivity index (χ1n) is 6.98. The van der Waals surface area contributed by atoms with Gasteiger partial charge in [-0.05, 0) is 19.1 Å². The van der Waals surface area contributed by atoms with Crippen LogP contribution in [-0.2, 0) is 14.2 Å². The van der Waals surface area contributed by atoms with Crippen LogP contribution in [0.5, 0.6) is 11.5 Å². The minimum Gasteiger partial charge on any atom is -0.487 e. The molecule has 0 aliphatic rings. The summed E-state index contributed by atoms with van der Waals surface area (Å²) in [5, 5.41) is 0. The molecule has 1 aromatic carbocycles. The average Bonchev–Trinajstić information content (AvgIpc) is 2.50. The van der Waals surface area contributed by atoms with Gasteiger partial charge in [0.25, 0.3) is 0 Å². The van der Waals surface area contributed by atoms with E-state index in [0.29, 0.717) is 31.3 Å². The lowest BCUT2D eigenvalue weighted by atomic mass is 10.1. The van der Waals surface area contributed by atoms with Crippen molar-refractivity contribution in [2.24, 2.45) is 0 Å². The van der Waals surface area contributed by atoms with E-state index in [9.17, 15) is 4.79 Å². The summed E-state index contributed by atoms with van der Waals surface area (Å²) in [6.07, 6.45) is 0. The molecule has 0 aliphatic heterocycles. The first-order valence-corrected chi connectivity index (χ1v) is 6.98. The van der Waals surface area contributed by atoms with Crippen LogP contribution in [0.2, 0.25) is 0 Å². The van der Waals surface area contributed by atoms with E-state index in [1.54, 1.807) is 33.3 Å². The van der Waals surface area contributed by atoms with Crippen LogP contribution in [0.4, 0.5) is 5.69 Å². The summed E-state index contributed by atoms with van der Waals surface area (Å²) in [6, 6.07) is 3.18. The van der Waals surface area contributed by atoms with E-state index in [4.69, 9.17) is 29.4 Å². The van der Waals surface area contributed by atoms with Crippen molar-refractivity contribution < 1.29 is 28.5 Å². The smallest absolute Gasteiger partial charge is 0.340 e. The Morgan fingerprint density at radius 3 is 2.27 bits per heavy atom. The molecule has 0 aliphatic carbocycles. The molecule has 2 N–H and O–H groups in total. The van der Waals surface area contributed by atoms with Crippen LogP contribution in [0.15, 0.2) is 12.1 Å². The maximum absolute atomic E-state index is 11.9. The minimum atomic E-state index is -0.500. The van der Waals surface area contributed by atoms with Gasteiger partial charge in [0.05, 0.1) is 31.1 Å². The predicted octanol–water partition coefficient (Wildman–Crippen LogP) is 1.50. The van der Waals surface area contributed by atoms with E-state index in [1.807, 2.05) is 0 Å². The number of hydrogen-bond acceptors (Lipinski definition) is 7. The highest BCUT2D eigenvalue weighted by molar-refractivity contribution is 5.97. The number of ether oxygens (including phenoxy) is 5. The van der Waals surface area contributed by atoms with Crippen LogP contribution >= 0.6 is 0 Å². The molecule has 0 atom stereocenters. The van der Waals surface area contributed by atoms with E-state index in [1.165, 1.54) is 0 Å². The van der Waals surface area contributed by atoms with Gasteiger partial charge in [0.1, 0.15) is 13.2 Å². The zero-order valence-electron chi connectivity index (χ0n) is 13.2. The maximum atomic E-state index is 11.9. The third-order valence-electron chi connectivity index (χ3n) is 2.73. The van der Waals surface area contributed by atoms with Gasteiger partial charge >= 0.3 is 5.97 Å². The van der Waals surface area contributed by atoms with Gasteiger partial charge in [0.2, 0.25) is 0 Å². The monoisotopic (exact) mass is 313 g/mol. The molecule has 7 nitrogen and oxygen atoms in total. The topological polar surface area (TPSA) is 89.2 Å². The second kappa shape index (κ2) is 9.86. The van der Waals surface area contributed by atoms with Crippen LogP contribution < -0.4 is 15.2 Å². The van der Waals surface area contributed by atoms with Crippen LogP contribution in [-0.4, -0.2) is 53.2 Å². The Bertz CT molecular complexity index is 477. The molecule has 0 radical (unpaired) electrons. The van der Waals surface area contributed by atoms with Gasteiger partial charge in [-0.1, -0.05) is 0 Å². The zero-order valence-corrected chi connectivity index (χ0v) is 13.2. The lowest BCUT2D eigenvalue weighted by Gasteiger charge is -2.16. The SMILES string of the molecule is CCOC(=O)c1ccc(OCCOC)c(OCCOC)c1N. The number of anilines is 1. The largest absolute Gasteiger partial charge is 0.487 e. The number of nitrogen functional groups attached to an aromatic ring is 1. The fourth-order valence-corrected chi connectivity index (χ4v) is 1.69. The molecule has 0 amide bonds. The molecule has 22 heavy (non-hydrogen) atoms. The number of carbonyl (C=O) groups excluding carboxylic acids is 1. The van der Waals surface area contributed by atoms with Crippen molar-refractivity contribution in [3.05, 3.63) is 17.7 Å². The number of nitrogens with two attached hydrogens (primary N) is 1. The van der Waals surface area contributed by atoms with Crippen molar-refractivity contribution in [2.45, 2.75) is 6.92 Å². The Morgan fingerprint density at radius 2 is 1.68 bits per heavy atom. The molecule has 0 fully saturated rings. The van der Waals surface area contributed by atoms with E-state index in [-0.39, 0.29) is 24.5 Å². The van der Waals surface area contributed by atoms with Gasteiger partial charge in [-0.2, -0.15) is 0 Å². The van der Waals surface area contributed by atoms with Gasteiger partial charge in [0, 0.05) is 14.2 Å². The lowest BCUT2D eigenvalue weighted by Crippen LogP contribution is -2.13. The maximum Gasteiger partial charge on any atom is 0.340 e. The summed E-state index contributed by atoms with van der Waals surface area (Å²) in [5.74, 6) is 0.248. The zero-order chi connectivity index (χ0) is 16.4. The van der Waals surface area contributed by atoms with Gasteiger partial charge in [-0.3, -0.25) is 0 Å². The van der Waals surface area contributed by atoms with Gasteiger partial charge in [-0.15, -0.1) is 0 Å². The third-order valence-corrected chi connectivity index (χ3v) is 2.73. The molecule has 0 spiro atoms. The summed E-state index contributed by atoms with van der Waals surface area (Å²) in [7, 11) is 3.15. The number of methoxy groups -OCH3 is 2. The second-order valence-electron chi connectivity index (χ2n) is 4.26. The van der Waals surface area contributed by atoms with Crippen molar-refractivity contribution >= 4 is 11.7 Å². The fraction of sp³-hybridized carbons (Fsp3) is 0.533. The molecule has 1 rings (SSSR count).